The third-order valence-electron chi connectivity index (χ3n) is 26.8. The molecule has 18 aromatic carbocycles. The van der Waals surface area contributed by atoms with Gasteiger partial charge in [0.25, 0.3) is 0 Å². The zero-order valence-electron chi connectivity index (χ0n) is 66.7. The largest absolute Gasteiger partial charge is 0.458 e. The Morgan fingerprint density at radius 3 is 0.746 bits per heavy atom. The van der Waals surface area contributed by atoms with Crippen molar-refractivity contribution in [1.82, 2.24) is 0 Å². The maximum absolute atomic E-state index is 6.58. The van der Waals surface area contributed by atoms with Crippen molar-refractivity contribution >= 4 is 149 Å². The predicted molar refractivity (Wildman–Crippen MR) is 508 cm³/mol. The summed E-state index contributed by atoms with van der Waals surface area (Å²) in [4.78, 5) is 9.83. The normalized spacial score (nSPS) is 15.1. The summed E-state index contributed by atoms with van der Waals surface area (Å²) in [6.45, 7) is 4.69. The summed E-state index contributed by atoms with van der Waals surface area (Å²) in [5, 5.41) is 16.5. The Labute approximate surface area is 715 Å². The van der Waals surface area contributed by atoms with Crippen molar-refractivity contribution < 1.29 is 18.9 Å². The Kier molecular flexibility index (Phi) is 15.6. The van der Waals surface area contributed by atoms with Crippen LogP contribution < -0.4 is 95.9 Å². The van der Waals surface area contributed by atoms with E-state index in [0.29, 0.717) is 0 Å². The van der Waals surface area contributed by atoms with Crippen molar-refractivity contribution in [2.24, 2.45) is 0 Å². The third-order valence-corrected chi connectivity index (χ3v) is 42.6. The zero-order chi connectivity index (χ0) is 80.6. The van der Waals surface area contributed by atoms with Gasteiger partial charge in [-0.25, -0.2) is 0 Å². The van der Waals surface area contributed by atoms with Crippen molar-refractivity contribution in [3.63, 3.8) is 0 Å². The van der Waals surface area contributed by atoms with Crippen LogP contribution in [-0.4, -0.2) is 24.2 Å². The number of ether oxygens (including phenoxy) is 4. The Morgan fingerprint density at radius 1 is 0.197 bits per heavy atom. The molecule has 0 atom stereocenters. The number of hydrogen-bond donors (Lipinski definition) is 0. The molecule has 0 saturated heterocycles. The van der Waals surface area contributed by atoms with E-state index in [0.717, 1.165) is 63.1 Å². The van der Waals surface area contributed by atoms with Gasteiger partial charge < -0.3 is 33.6 Å². The van der Waals surface area contributed by atoms with Gasteiger partial charge in [-0.3, -0.25) is 0 Å². The van der Waals surface area contributed by atoms with Crippen LogP contribution in [0.5, 0.6) is 46.0 Å². The number of fused-ring (bicyclic) bond motifs is 33. The van der Waals surface area contributed by atoms with Gasteiger partial charge in [0.2, 0.25) is 0 Å². The molecule has 0 N–H and O–H groups in total. The summed E-state index contributed by atoms with van der Waals surface area (Å²) >= 11 is 1.85. The van der Waals surface area contributed by atoms with Gasteiger partial charge in [-0.1, -0.05) is 311 Å². The Balaban J connectivity index is 0.000000101. The first-order valence-electron chi connectivity index (χ1n) is 41.9. The van der Waals surface area contributed by atoms with Crippen LogP contribution in [0.25, 0.3) is 33.4 Å². The van der Waals surface area contributed by atoms with Crippen LogP contribution in [0.4, 0.5) is 51.2 Å². The van der Waals surface area contributed by atoms with E-state index in [1.807, 2.05) is 36.0 Å². The lowest BCUT2D eigenvalue weighted by Crippen LogP contribution is -2.74. The van der Waals surface area contributed by atoms with Gasteiger partial charge >= 0.3 is 0 Å². The number of hydrogen-bond acceptors (Lipinski definition) is 8. The minimum Gasteiger partial charge on any atom is -0.458 e. The second kappa shape index (κ2) is 27.0. The minimum atomic E-state index is -2.66. The fourth-order valence-corrected chi connectivity index (χ4v) is 39.1. The number of nitrogens with zero attached hydrogens (tertiary/aromatic N) is 3. The molecule has 7 nitrogen and oxygen atoms in total. The molecule has 0 bridgehead atoms. The monoisotopic (exact) mass is 1630 g/mol. The van der Waals surface area contributed by atoms with Gasteiger partial charge in [0.05, 0.1) is 34.1 Å². The molecule has 0 aliphatic carbocycles. The molecule has 27 rings (SSSR count). The van der Waals surface area contributed by atoms with Gasteiger partial charge in [0.1, 0.15) is 34.5 Å². The Morgan fingerprint density at radius 2 is 0.418 bits per heavy atom. The van der Waals surface area contributed by atoms with Crippen LogP contribution in [0.1, 0.15) is 25.0 Å². The lowest BCUT2D eigenvalue weighted by molar-refractivity contribution is 0.477. The van der Waals surface area contributed by atoms with Crippen molar-refractivity contribution in [3.8, 4) is 79.4 Å². The Bertz CT molecular complexity index is 6900. The summed E-state index contributed by atoms with van der Waals surface area (Å²) < 4.78 is 26.0. The van der Waals surface area contributed by atoms with Crippen molar-refractivity contribution in [2.75, 3.05) is 14.7 Å². The molecule has 0 amide bonds. The van der Waals surface area contributed by atoms with Gasteiger partial charge in [-0.2, -0.15) is 0 Å². The molecule has 3 spiro atoms. The SMILES string of the molecule is CC1(C)c2ccccc2N(c2ccc3c(c2)[Si]2(c4ccccc4Oc4ccccc42)c2ccccc2-3)c2ccccc21.c1ccc2c(c1)Oc1ccccc1N2c1ccc2c(c1)[Si]1(c3ccccc3Oc3ccccc31)c1ccccc1-2.c1ccc2c(c1)Oc1ccccc1[Si]21c2ccccc2-c2ccc(N3c4ccccc4Sc4ccccc43)cc21. The molecule has 0 unspecified atom stereocenters. The molecule has 0 radical (unpaired) electrons. The third kappa shape index (κ3) is 9.89. The molecule has 9 aliphatic rings. The van der Waals surface area contributed by atoms with E-state index >= 15 is 0 Å². The molecule has 576 valence electrons. The van der Waals surface area contributed by atoms with Crippen LogP contribution in [-0.2, 0) is 5.41 Å². The zero-order valence-corrected chi connectivity index (χ0v) is 70.5. The fraction of sp³-hybridized carbons (Fsp3) is 0.0270. The molecule has 0 fully saturated rings. The van der Waals surface area contributed by atoms with Crippen LogP contribution >= 0.6 is 11.8 Å². The molecule has 0 saturated carbocycles. The van der Waals surface area contributed by atoms with Gasteiger partial charge in [0, 0.05) is 32.3 Å². The Hall–Kier alpha value is -14.4. The van der Waals surface area contributed by atoms with Crippen molar-refractivity contribution in [1.29, 1.82) is 0 Å². The molecule has 122 heavy (non-hydrogen) atoms. The number of rotatable bonds is 3. The summed E-state index contributed by atoms with van der Waals surface area (Å²) in [6.07, 6.45) is 0. The molecule has 11 heteroatoms. The highest BCUT2D eigenvalue weighted by Gasteiger charge is 2.57. The minimum absolute atomic E-state index is 0.0921. The number of para-hydroxylation sites is 14. The van der Waals surface area contributed by atoms with Crippen LogP contribution in [0.15, 0.2) is 428 Å². The molecule has 0 aromatic heterocycles. The van der Waals surface area contributed by atoms with Gasteiger partial charge in [-0.05, 0) is 240 Å². The average Bonchev–Trinajstić information content (AvgIpc) is 1.51. The molecule has 9 aliphatic heterocycles. The average molecular weight is 1630 g/mol. The van der Waals surface area contributed by atoms with Crippen molar-refractivity contribution in [2.45, 2.75) is 29.1 Å². The summed E-state index contributed by atoms with van der Waals surface area (Å²) in [6, 6.07) is 153. The smallest absolute Gasteiger partial charge is 0.189 e. The van der Waals surface area contributed by atoms with E-state index in [1.54, 1.807) is 0 Å². The first-order chi connectivity index (χ1) is 60.3. The molecule has 9 heterocycles. The van der Waals surface area contributed by atoms with Crippen molar-refractivity contribution in [3.05, 3.63) is 430 Å². The van der Waals surface area contributed by atoms with E-state index in [4.69, 9.17) is 18.9 Å². The number of benzene rings is 18. The first kappa shape index (κ1) is 70.6. The highest BCUT2D eigenvalue weighted by Crippen LogP contribution is 2.56. The van der Waals surface area contributed by atoms with Crippen LogP contribution in [0, 0.1) is 0 Å². The van der Waals surface area contributed by atoms with E-state index in [2.05, 4.69) is 423 Å². The highest BCUT2D eigenvalue weighted by atomic mass is 32.2. The van der Waals surface area contributed by atoms with Gasteiger partial charge in [0.15, 0.2) is 35.7 Å². The second-order valence-electron chi connectivity index (χ2n) is 33.1. The number of anilines is 9. The summed E-state index contributed by atoms with van der Waals surface area (Å²) in [7, 11) is -7.96. The summed E-state index contributed by atoms with van der Waals surface area (Å²) in [5.74, 6) is 7.55. The van der Waals surface area contributed by atoms with E-state index in [9.17, 15) is 0 Å². The van der Waals surface area contributed by atoms with E-state index < -0.39 is 24.2 Å². The first-order valence-corrected chi connectivity index (χ1v) is 48.7. The topological polar surface area (TPSA) is 46.6 Å². The lowest BCUT2D eigenvalue weighted by atomic mass is 9.73. The summed E-state index contributed by atoms with van der Waals surface area (Å²) in [5.41, 5.74) is 21.2. The van der Waals surface area contributed by atoms with E-state index in [-0.39, 0.29) is 5.41 Å². The van der Waals surface area contributed by atoms with Crippen LogP contribution in [0.2, 0.25) is 0 Å². The predicted octanol–water partition coefficient (Wildman–Crippen LogP) is 21.1. The fourth-order valence-electron chi connectivity index (χ4n) is 21.9. The van der Waals surface area contributed by atoms with E-state index in [1.165, 1.54) is 151 Å². The highest BCUT2D eigenvalue weighted by molar-refractivity contribution is 7.99. The molecular weight excluding hydrogens is 1560 g/mol. The second-order valence-corrected chi connectivity index (χ2v) is 45.1. The van der Waals surface area contributed by atoms with Gasteiger partial charge in [-0.15, -0.1) is 0 Å². The lowest BCUT2D eigenvalue weighted by Gasteiger charge is -2.42. The van der Waals surface area contributed by atoms with Crippen LogP contribution in [0.3, 0.4) is 0 Å². The maximum atomic E-state index is 6.58. The molecule has 18 aromatic rings. The standard InChI is InChI=1S/C39H29NOSi.C36H23NO2Si.C36H23NOSSi/c1-39(2)29-14-4-6-16-31(29)40(32-17-7-5-15-30(32)39)26-23-24-28-27-13-3-10-20-35(27)42(38(28)25-26)36-21-11-8-18-33(36)41-34-19-9-12-22-37(34)42;1-8-18-33-25(11-1)26-22-21-24(37-27-12-2-4-14-29(27)38-30-15-5-3-13-28(30)37)23-36(26)40(33)34-19-9-6-16-31(34)39-32-17-7-10-20-35(32)40;1-8-18-33-25(11-1)26-22-21-24(37-27-12-2-6-16-31(27)39-32-17-7-3-13-28(32)37)23-36(26)40(33)34-19-9-4-14-29(34)38-30-15-5-10-20-35(30)40/h3-25H,1-2H3;2*1-23H. The molecular formula is C111H75N3O4SSi3. The maximum Gasteiger partial charge on any atom is 0.189 e. The quantitative estimate of drug-likeness (QED) is 0.162.